The normalized spacial score (nSPS) is 18.5. The van der Waals surface area contributed by atoms with Crippen LogP contribution in [0.15, 0.2) is 47.5 Å². The third kappa shape index (κ3) is 5.22. The van der Waals surface area contributed by atoms with E-state index in [-0.39, 0.29) is 35.2 Å². The highest BCUT2D eigenvalue weighted by atomic mass is 127. The number of nitrogens with zero attached hydrogens (tertiary/aromatic N) is 3. The van der Waals surface area contributed by atoms with Crippen LogP contribution in [-0.4, -0.2) is 43.7 Å². The van der Waals surface area contributed by atoms with Crippen LogP contribution in [0.2, 0.25) is 0 Å². The lowest BCUT2D eigenvalue weighted by Crippen LogP contribution is -2.50. The molecule has 162 valence electrons. The van der Waals surface area contributed by atoms with Crippen LogP contribution in [0.3, 0.4) is 0 Å². The van der Waals surface area contributed by atoms with Gasteiger partial charge >= 0.3 is 0 Å². The van der Waals surface area contributed by atoms with Crippen molar-refractivity contribution in [3.05, 3.63) is 59.5 Å². The van der Waals surface area contributed by atoms with Crippen molar-refractivity contribution in [3.63, 3.8) is 0 Å². The predicted octanol–water partition coefficient (Wildman–Crippen LogP) is 4.01. The van der Waals surface area contributed by atoms with Gasteiger partial charge in [-0.25, -0.2) is 9.37 Å². The minimum Gasteiger partial charge on any atom is -0.356 e. The molecule has 7 heteroatoms. The van der Waals surface area contributed by atoms with Crippen LogP contribution in [0.25, 0.3) is 0 Å². The molecule has 2 aliphatic rings. The second-order valence-electron chi connectivity index (χ2n) is 8.23. The molecular weight excluding hydrogens is 492 g/mol. The first-order valence-corrected chi connectivity index (χ1v) is 10.5. The number of rotatable bonds is 5. The highest BCUT2D eigenvalue weighted by Crippen LogP contribution is 2.48. The van der Waals surface area contributed by atoms with E-state index in [1.165, 1.54) is 0 Å². The van der Waals surface area contributed by atoms with Gasteiger partial charge in [-0.2, -0.15) is 0 Å². The molecule has 2 N–H and O–H groups in total. The first-order valence-electron chi connectivity index (χ1n) is 10.5. The zero-order chi connectivity index (χ0) is 20.3. The van der Waals surface area contributed by atoms with Gasteiger partial charge in [0.2, 0.25) is 0 Å². The van der Waals surface area contributed by atoms with Crippen molar-refractivity contribution in [1.82, 2.24) is 15.6 Å². The standard InChI is InChI=1S/C23H30FN5.HI/c1-17-6-5-9-21(27-17)29-14-10-18(11-15-29)28-22(25-2)26-16-23(12-13-23)19-7-3-4-8-20(19)24;/h3-9,18H,10-16H2,1-2H3,(H2,25,26,28);1H. The molecule has 0 radical (unpaired) electrons. The number of aryl methyl sites for hydroxylation is 1. The van der Waals surface area contributed by atoms with Crippen LogP contribution >= 0.6 is 24.0 Å². The summed E-state index contributed by atoms with van der Waals surface area (Å²) < 4.78 is 14.2. The fraction of sp³-hybridized carbons (Fsp3) is 0.478. The highest BCUT2D eigenvalue weighted by Gasteiger charge is 2.45. The summed E-state index contributed by atoms with van der Waals surface area (Å²) >= 11 is 0. The minimum atomic E-state index is -0.105. The largest absolute Gasteiger partial charge is 0.356 e. The Morgan fingerprint density at radius 1 is 1.17 bits per heavy atom. The number of anilines is 1. The van der Waals surface area contributed by atoms with E-state index in [4.69, 9.17) is 0 Å². The fourth-order valence-electron chi connectivity index (χ4n) is 4.18. The van der Waals surface area contributed by atoms with Crippen LogP contribution in [-0.2, 0) is 5.41 Å². The van der Waals surface area contributed by atoms with Gasteiger partial charge in [-0.1, -0.05) is 24.3 Å². The summed E-state index contributed by atoms with van der Waals surface area (Å²) in [5.74, 6) is 1.76. The number of aromatic nitrogens is 1. The van der Waals surface area contributed by atoms with Crippen molar-refractivity contribution in [2.75, 3.05) is 31.6 Å². The third-order valence-corrected chi connectivity index (χ3v) is 6.15. The number of guanidine groups is 1. The Morgan fingerprint density at radius 3 is 2.53 bits per heavy atom. The summed E-state index contributed by atoms with van der Waals surface area (Å²) in [6.07, 6.45) is 4.10. The lowest BCUT2D eigenvalue weighted by atomic mass is 9.95. The van der Waals surface area contributed by atoms with E-state index in [9.17, 15) is 4.39 Å². The first kappa shape index (κ1) is 22.8. The Balaban J connectivity index is 0.00000256. The van der Waals surface area contributed by atoms with E-state index in [1.54, 1.807) is 19.2 Å². The molecule has 0 amide bonds. The molecule has 2 fully saturated rings. The summed E-state index contributed by atoms with van der Waals surface area (Å²) in [7, 11) is 1.80. The number of hydrogen-bond acceptors (Lipinski definition) is 3. The molecule has 1 aliphatic carbocycles. The van der Waals surface area contributed by atoms with Gasteiger partial charge in [-0.15, -0.1) is 24.0 Å². The van der Waals surface area contributed by atoms with Crippen molar-refractivity contribution in [3.8, 4) is 0 Å². The van der Waals surface area contributed by atoms with Crippen molar-refractivity contribution >= 4 is 35.8 Å². The van der Waals surface area contributed by atoms with Crippen molar-refractivity contribution in [2.45, 2.75) is 44.1 Å². The SMILES string of the molecule is CN=C(NCC1(c2ccccc2F)CC1)NC1CCN(c2cccc(C)n2)CC1.I. The molecule has 2 aromatic rings. The predicted molar refractivity (Wildman–Crippen MR) is 131 cm³/mol. The lowest BCUT2D eigenvalue weighted by molar-refractivity contribution is 0.457. The molecule has 0 unspecified atom stereocenters. The molecule has 1 aromatic heterocycles. The first-order chi connectivity index (χ1) is 14.1. The summed E-state index contributed by atoms with van der Waals surface area (Å²) in [5.41, 5.74) is 1.78. The molecule has 5 nitrogen and oxygen atoms in total. The Hall–Kier alpha value is -1.90. The van der Waals surface area contributed by atoms with Gasteiger partial charge in [0.15, 0.2) is 5.96 Å². The average molecular weight is 523 g/mol. The van der Waals surface area contributed by atoms with Crippen LogP contribution in [0, 0.1) is 12.7 Å². The molecule has 0 spiro atoms. The van der Waals surface area contributed by atoms with E-state index >= 15 is 0 Å². The summed E-state index contributed by atoms with van der Waals surface area (Å²) in [4.78, 5) is 11.4. The molecule has 1 saturated carbocycles. The maximum atomic E-state index is 14.2. The lowest BCUT2D eigenvalue weighted by Gasteiger charge is -2.34. The number of nitrogens with one attached hydrogen (secondary N) is 2. The maximum absolute atomic E-state index is 14.2. The number of aliphatic imine (C=N–C) groups is 1. The van der Waals surface area contributed by atoms with Crippen LogP contribution < -0.4 is 15.5 Å². The van der Waals surface area contributed by atoms with Gasteiger partial charge in [-0.3, -0.25) is 4.99 Å². The van der Waals surface area contributed by atoms with Gasteiger partial charge in [0, 0.05) is 43.8 Å². The van der Waals surface area contributed by atoms with Crippen molar-refractivity contribution < 1.29 is 4.39 Å². The van der Waals surface area contributed by atoms with Gasteiger partial charge < -0.3 is 15.5 Å². The van der Waals surface area contributed by atoms with Gasteiger partial charge in [0.25, 0.3) is 0 Å². The van der Waals surface area contributed by atoms with Gasteiger partial charge in [0.1, 0.15) is 11.6 Å². The molecular formula is C23H31FIN5. The van der Waals surface area contributed by atoms with Crippen molar-refractivity contribution in [1.29, 1.82) is 0 Å². The van der Waals surface area contributed by atoms with E-state index in [1.807, 2.05) is 25.1 Å². The number of hydrogen-bond donors (Lipinski definition) is 2. The van der Waals surface area contributed by atoms with Crippen LogP contribution in [0.4, 0.5) is 10.2 Å². The van der Waals surface area contributed by atoms with Gasteiger partial charge in [-0.05, 0) is 56.4 Å². The zero-order valence-corrected chi connectivity index (χ0v) is 20.0. The second-order valence-corrected chi connectivity index (χ2v) is 8.23. The summed E-state index contributed by atoms with van der Waals surface area (Å²) in [6.45, 7) is 4.69. The fourth-order valence-corrected chi connectivity index (χ4v) is 4.18. The Labute approximate surface area is 195 Å². The topological polar surface area (TPSA) is 52.6 Å². The molecule has 0 atom stereocenters. The number of benzene rings is 1. The van der Waals surface area contributed by atoms with Crippen LogP contribution in [0.1, 0.15) is 36.9 Å². The molecule has 30 heavy (non-hydrogen) atoms. The summed E-state index contributed by atoms with van der Waals surface area (Å²) in [6, 6.07) is 13.7. The van der Waals surface area contributed by atoms with E-state index in [2.05, 4.69) is 37.6 Å². The number of piperidine rings is 1. The Kier molecular flexibility index (Phi) is 7.55. The van der Waals surface area contributed by atoms with Crippen LogP contribution in [0.5, 0.6) is 0 Å². The van der Waals surface area contributed by atoms with E-state index < -0.39 is 0 Å². The van der Waals surface area contributed by atoms with E-state index in [0.717, 1.165) is 61.8 Å². The molecule has 1 aromatic carbocycles. The second kappa shape index (κ2) is 9.94. The number of halogens is 2. The Morgan fingerprint density at radius 2 is 1.90 bits per heavy atom. The monoisotopic (exact) mass is 523 g/mol. The smallest absolute Gasteiger partial charge is 0.191 e. The minimum absolute atomic E-state index is 0. The summed E-state index contributed by atoms with van der Waals surface area (Å²) in [5, 5.41) is 7.00. The average Bonchev–Trinajstić information content (AvgIpc) is 3.53. The molecule has 1 saturated heterocycles. The number of pyridine rings is 1. The molecule has 2 heterocycles. The highest BCUT2D eigenvalue weighted by molar-refractivity contribution is 14.0. The maximum Gasteiger partial charge on any atom is 0.191 e. The zero-order valence-electron chi connectivity index (χ0n) is 17.7. The molecule has 1 aliphatic heterocycles. The third-order valence-electron chi connectivity index (χ3n) is 6.15. The molecule has 0 bridgehead atoms. The quantitative estimate of drug-likeness (QED) is 0.354. The molecule has 4 rings (SSSR count). The Bertz CT molecular complexity index is 875. The van der Waals surface area contributed by atoms with Crippen molar-refractivity contribution in [2.24, 2.45) is 4.99 Å². The van der Waals surface area contributed by atoms with E-state index in [0.29, 0.717) is 12.6 Å². The van der Waals surface area contributed by atoms with Gasteiger partial charge in [0.05, 0.1) is 0 Å².